The number of rotatable bonds is 4. The molecule has 142 valence electrons. The summed E-state index contributed by atoms with van der Waals surface area (Å²) in [7, 11) is 1.89. The molecular formula is C20H35N3O2. The second kappa shape index (κ2) is 6.41. The van der Waals surface area contributed by atoms with Gasteiger partial charge >= 0.3 is 0 Å². The van der Waals surface area contributed by atoms with Gasteiger partial charge < -0.3 is 20.1 Å². The minimum atomic E-state index is 0.178. The van der Waals surface area contributed by atoms with E-state index in [0.29, 0.717) is 35.6 Å². The molecule has 0 radical (unpaired) electrons. The van der Waals surface area contributed by atoms with E-state index in [1.807, 2.05) is 7.05 Å². The zero-order chi connectivity index (χ0) is 17.7. The van der Waals surface area contributed by atoms with Gasteiger partial charge in [0.05, 0.1) is 12.2 Å². The van der Waals surface area contributed by atoms with Crippen molar-refractivity contribution < 1.29 is 9.47 Å². The van der Waals surface area contributed by atoms with Gasteiger partial charge in [0.1, 0.15) is 0 Å². The largest absolute Gasteiger partial charge is 0.378 e. The van der Waals surface area contributed by atoms with Crippen molar-refractivity contribution in [2.45, 2.75) is 83.6 Å². The molecule has 1 heterocycles. The Balaban J connectivity index is 1.40. The van der Waals surface area contributed by atoms with Crippen molar-refractivity contribution in [3.8, 4) is 0 Å². The Kier molecular flexibility index (Phi) is 4.52. The molecule has 1 saturated heterocycles. The van der Waals surface area contributed by atoms with Crippen molar-refractivity contribution in [2.75, 3.05) is 20.3 Å². The highest BCUT2D eigenvalue weighted by molar-refractivity contribution is 5.81. The van der Waals surface area contributed by atoms with E-state index in [9.17, 15) is 0 Å². The third-order valence-electron chi connectivity index (χ3n) is 7.61. The van der Waals surface area contributed by atoms with E-state index in [1.54, 1.807) is 0 Å². The van der Waals surface area contributed by atoms with Crippen molar-refractivity contribution in [1.29, 1.82) is 0 Å². The maximum atomic E-state index is 6.05. The van der Waals surface area contributed by atoms with Crippen LogP contribution in [0, 0.1) is 16.7 Å². The summed E-state index contributed by atoms with van der Waals surface area (Å²) in [6.07, 6.45) is 8.38. The van der Waals surface area contributed by atoms with Crippen LogP contribution in [-0.2, 0) is 9.47 Å². The molecule has 5 atom stereocenters. The SMILES string of the molecule is CCOC1CC(NC(=NC)NC2C3CCOC3C2(C)C)C12CCCC2. The molecule has 5 unspecified atom stereocenters. The number of fused-ring (bicyclic) bond motifs is 1. The average molecular weight is 350 g/mol. The van der Waals surface area contributed by atoms with E-state index >= 15 is 0 Å². The van der Waals surface area contributed by atoms with Gasteiger partial charge in [0, 0.05) is 49.1 Å². The lowest BCUT2D eigenvalue weighted by Crippen LogP contribution is -2.70. The van der Waals surface area contributed by atoms with Gasteiger partial charge in [-0.15, -0.1) is 0 Å². The van der Waals surface area contributed by atoms with Crippen LogP contribution < -0.4 is 10.6 Å². The van der Waals surface area contributed by atoms with Gasteiger partial charge in [-0.05, 0) is 32.6 Å². The Morgan fingerprint density at radius 1 is 1.24 bits per heavy atom. The van der Waals surface area contributed by atoms with Crippen molar-refractivity contribution >= 4 is 5.96 Å². The number of nitrogens with zero attached hydrogens (tertiary/aromatic N) is 1. The quantitative estimate of drug-likeness (QED) is 0.605. The lowest BCUT2D eigenvalue weighted by atomic mass is 9.57. The Morgan fingerprint density at radius 2 is 2.00 bits per heavy atom. The normalized spacial score (nSPS) is 41.1. The van der Waals surface area contributed by atoms with Crippen LogP contribution >= 0.6 is 0 Å². The van der Waals surface area contributed by atoms with E-state index < -0.39 is 0 Å². The van der Waals surface area contributed by atoms with Crippen molar-refractivity contribution in [3.05, 3.63) is 0 Å². The van der Waals surface area contributed by atoms with E-state index in [0.717, 1.165) is 25.6 Å². The van der Waals surface area contributed by atoms with Gasteiger partial charge in [0.25, 0.3) is 0 Å². The fraction of sp³-hybridized carbons (Fsp3) is 0.950. The van der Waals surface area contributed by atoms with Gasteiger partial charge in [0.15, 0.2) is 5.96 Å². The summed E-state index contributed by atoms with van der Waals surface area (Å²) in [6, 6.07) is 0.949. The maximum absolute atomic E-state index is 6.05. The summed E-state index contributed by atoms with van der Waals surface area (Å²) < 4.78 is 12.0. The highest BCUT2D eigenvalue weighted by atomic mass is 16.5. The summed E-state index contributed by atoms with van der Waals surface area (Å²) in [5.41, 5.74) is 0.513. The Labute approximate surface area is 152 Å². The smallest absolute Gasteiger partial charge is 0.191 e. The van der Waals surface area contributed by atoms with Gasteiger partial charge in [-0.2, -0.15) is 0 Å². The van der Waals surface area contributed by atoms with Crippen molar-refractivity contribution in [2.24, 2.45) is 21.7 Å². The second-order valence-corrected chi connectivity index (χ2v) is 9.08. The topological polar surface area (TPSA) is 54.9 Å². The fourth-order valence-corrected chi connectivity index (χ4v) is 6.19. The molecule has 1 aliphatic heterocycles. The van der Waals surface area contributed by atoms with Crippen LogP contribution in [0.3, 0.4) is 0 Å². The van der Waals surface area contributed by atoms with Crippen LogP contribution in [0.1, 0.15) is 59.3 Å². The average Bonchev–Trinajstić information content (AvgIpc) is 3.26. The summed E-state index contributed by atoms with van der Waals surface area (Å²) in [6.45, 7) is 8.48. The van der Waals surface area contributed by atoms with Gasteiger partial charge in [-0.25, -0.2) is 0 Å². The summed E-state index contributed by atoms with van der Waals surface area (Å²) in [4.78, 5) is 4.55. The van der Waals surface area contributed by atoms with Crippen LogP contribution in [0.4, 0.5) is 0 Å². The van der Waals surface area contributed by atoms with Crippen molar-refractivity contribution in [3.63, 3.8) is 0 Å². The molecule has 4 fully saturated rings. The first-order valence-electron chi connectivity index (χ1n) is 10.3. The van der Waals surface area contributed by atoms with E-state index in [1.165, 1.54) is 32.1 Å². The summed E-state index contributed by atoms with van der Waals surface area (Å²) in [5.74, 6) is 1.60. The van der Waals surface area contributed by atoms with Gasteiger partial charge in [-0.3, -0.25) is 4.99 Å². The van der Waals surface area contributed by atoms with Crippen LogP contribution in [0.2, 0.25) is 0 Å². The molecule has 5 nitrogen and oxygen atoms in total. The molecule has 1 spiro atoms. The molecule has 4 rings (SSSR count). The Bertz CT molecular complexity index is 527. The standard InChI is InChI=1S/C20H35N3O2/c1-5-24-15-12-14(20(15)9-6-7-10-20)22-18(21-4)23-16-13-8-11-25-17(13)19(16,2)3/h13-17H,5-12H2,1-4H3,(H2,21,22,23). The Morgan fingerprint density at radius 3 is 2.68 bits per heavy atom. The van der Waals surface area contributed by atoms with Gasteiger partial charge in [-0.1, -0.05) is 26.7 Å². The van der Waals surface area contributed by atoms with Crippen molar-refractivity contribution in [1.82, 2.24) is 10.6 Å². The molecule has 3 aliphatic carbocycles. The number of hydrogen-bond acceptors (Lipinski definition) is 3. The lowest BCUT2D eigenvalue weighted by molar-refractivity contribution is -0.126. The molecule has 0 aromatic rings. The first-order chi connectivity index (χ1) is 12.0. The number of hydrogen-bond donors (Lipinski definition) is 2. The first kappa shape index (κ1) is 17.6. The molecular weight excluding hydrogens is 314 g/mol. The predicted octanol–water partition coefficient (Wildman–Crippen LogP) is 2.70. The second-order valence-electron chi connectivity index (χ2n) is 9.08. The highest BCUT2D eigenvalue weighted by Gasteiger charge is 2.60. The molecule has 0 aromatic heterocycles. The molecule has 4 aliphatic rings. The van der Waals surface area contributed by atoms with Crippen LogP contribution in [-0.4, -0.2) is 50.5 Å². The summed E-state index contributed by atoms with van der Waals surface area (Å²) >= 11 is 0. The minimum absolute atomic E-state index is 0.178. The molecule has 0 bridgehead atoms. The van der Waals surface area contributed by atoms with Gasteiger partial charge in [0.2, 0.25) is 0 Å². The molecule has 0 amide bonds. The summed E-state index contributed by atoms with van der Waals surface area (Å²) in [5, 5.41) is 7.49. The van der Waals surface area contributed by atoms with Crippen LogP contribution in [0.5, 0.6) is 0 Å². The molecule has 25 heavy (non-hydrogen) atoms. The first-order valence-corrected chi connectivity index (χ1v) is 10.3. The molecule has 2 N–H and O–H groups in total. The van der Waals surface area contributed by atoms with Crippen LogP contribution in [0.15, 0.2) is 4.99 Å². The number of nitrogens with one attached hydrogen (secondary N) is 2. The molecule has 0 aromatic carbocycles. The van der Waals surface area contributed by atoms with E-state index in [4.69, 9.17) is 9.47 Å². The highest BCUT2D eigenvalue weighted by Crippen LogP contribution is 2.55. The zero-order valence-corrected chi connectivity index (χ0v) is 16.3. The fourth-order valence-electron chi connectivity index (χ4n) is 6.19. The van der Waals surface area contributed by atoms with E-state index in [-0.39, 0.29) is 5.41 Å². The number of guanidine groups is 1. The van der Waals surface area contributed by atoms with E-state index in [2.05, 4.69) is 36.4 Å². The molecule has 5 heteroatoms. The maximum Gasteiger partial charge on any atom is 0.191 e. The molecule has 3 saturated carbocycles. The number of ether oxygens (including phenoxy) is 2. The van der Waals surface area contributed by atoms with Crippen LogP contribution in [0.25, 0.3) is 0 Å². The third-order valence-corrected chi connectivity index (χ3v) is 7.61. The minimum Gasteiger partial charge on any atom is -0.378 e. The monoisotopic (exact) mass is 349 g/mol. The zero-order valence-electron chi connectivity index (χ0n) is 16.3. The number of aliphatic imine (C=N–C) groups is 1. The lowest BCUT2D eigenvalue weighted by Gasteiger charge is -2.56. The third kappa shape index (κ3) is 2.61. The Hall–Kier alpha value is -0.810. The predicted molar refractivity (Wildman–Crippen MR) is 99.8 cm³/mol.